The molecule has 12 heteroatoms. The van der Waals surface area contributed by atoms with Gasteiger partial charge in [-0.05, 0) is 12.0 Å². The average Bonchev–Trinajstić information content (AvgIpc) is 3.09. The van der Waals surface area contributed by atoms with Crippen LogP contribution in [0.1, 0.15) is 19.7 Å². The van der Waals surface area contributed by atoms with E-state index in [-0.39, 0.29) is 29.7 Å². The fourth-order valence-corrected chi connectivity index (χ4v) is 2.26. The molecule has 0 saturated carbocycles. The van der Waals surface area contributed by atoms with Gasteiger partial charge in [0.25, 0.3) is 0 Å². The van der Waals surface area contributed by atoms with Gasteiger partial charge in [-0.15, -0.1) is 10.2 Å². The van der Waals surface area contributed by atoms with Crippen LogP contribution in [0.15, 0.2) is 30.7 Å². The van der Waals surface area contributed by atoms with Gasteiger partial charge in [0.2, 0.25) is 11.7 Å². The lowest BCUT2D eigenvalue weighted by molar-refractivity contribution is -0.258. The lowest BCUT2D eigenvalue weighted by Gasteiger charge is -2.16. The first-order valence-corrected chi connectivity index (χ1v) is 8.44. The summed E-state index contributed by atoms with van der Waals surface area (Å²) in [6.45, 7) is 1.81. The number of ether oxygens (including phenoxy) is 2. The summed E-state index contributed by atoms with van der Waals surface area (Å²) in [7, 11) is 0. The number of rotatable bonds is 7. The van der Waals surface area contributed by atoms with Crippen molar-refractivity contribution in [3.8, 4) is 17.1 Å². The van der Waals surface area contributed by atoms with Crippen molar-refractivity contribution >= 4 is 5.65 Å². The zero-order valence-corrected chi connectivity index (χ0v) is 15.3. The highest BCUT2D eigenvalue weighted by molar-refractivity contribution is 5.59. The molecule has 0 spiro atoms. The fourth-order valence-electron chi connectivity index (χ4n) is 2.26. The highest BCUT2D eigenvalue weighted by atomic mass is 19.4. The van der Waals surface area contributed by atoms with Crippen molar-refractivity contribution in [2.24, 2.45) is 5.92 Å². The molecule has 0 atom stereocenters. The molecular formula is C17H16F5N5O2. The minimum Gasteiger partial charge on any atom is -0.468 e. The van der Waals surface area contributed by atoms with Crippen molar-refractivity contribution in [2.45, 2.75) is 26.1 Å². The van der Waals surface area contributed by atoms with Gasteiger partial charge in [0.15, 0.2) is 12.3 Å². The molecule has 0 radical (unpaired) electrons. The Morgan fingerprint density at radius 2 is 1.79 bits per heavy atom. The van der Waals surface area contributed by atoms with Crippen molar-refractivity contribution in [3.05, 3.63) is 36.5 Å². The molecular weight excluding hydrogens is 401 g/mol. The molecule has 0 unspecified atom stereocenters. The van der Waals surface area contributed by atoms with Crippen LogP contribution < -0.4 is 4.74 Å². The quantitative estimate of drug-likeness (QED) is 0.544. The topological polar surface area (TPSA) is 74.4 Å². The van der Waals surface area contributed by atoms with Gasteiger partial charge in [-0.1, -0.05) is 13.8 Å². The zero-order valence-electron chi connectivity index (χ0n) is 15.3. The number of halogens is 5. The third kappa shape index (κ3) is 5.13. The molecule has 0 fully saturated rings. The van der Waals surface area contributed by atoms with Crippen molar-refractivity contribution in [1.82, 2.24) is 24.6 Å². The largest absolute Gasteiger partial charge is 0.468 e. The normalized spacial score (nSPS) is 12.7. The van der Waals surface area contributed by atoms with E-state index in [2.05, 4.69) is 29.6 Å². The minimum absolute atomic E-state index is 0.0784. The first-order valence-electron chi connectivity index (χ1n) is 8.44. The maximum atomic E-state index is 14.4. The summed E-state index contributed by atoms with van der Waals surface area (Å²) in [4.78, 5) is 7.86. The van der Waals surface area contributed by atoms with Crippen molar-refractivity contribution in [2.75, 3.05) is 13.2 Å². The van der Waals surface area contributed by atoms with Crippen molar-refractivity contribution in [3.63, 3.8) is 0 Å². The van der Waals surface area contributed by atoms with Crippen molar-refractivity contribution in [1.29, 1.82) is 0 Å². The third-order valence-electron chi connectivity index (χ3n) is 3.57. The number of pyridine rings is 1. The number of nitrogens with zero attached hydrogens (tertiary/aromatic N) is 5. The number of hydrogen-bond acceptors (Lipinski definition) is 6. The molecule has 0 aliphatic heterocycles. The van der Waals surface area contributed by atoms with E-state index >= 15 is 0 Å². The van der Waals surface area contributed by atoms with Crippen LogP contribution in [-0.4, -0.2) is 44.0 Å². The minimum atomic E-state index is -4.49. The van der Waals surface area contributed by atoms with Crippen molar-refractivity contribution < 1.29 is 31.4 Å². The second-order valence-corrected chi connectivity index (χ2v) is 6.53. The number of alkyl halides is 5. The molecule has 0 saturated heterocycles. The van der Waals surface area contributed by atoms with Crippen LogP contribution in [0.25, 0.3) is 16.9 Å². The van der Waals surface area contributed by atoms with Crippen LogP contribution in [-0.2, 0) is 10.8 Å². The Labute approximate surface area is 161 Å². The van der Waals surface area contributed by atoms with Crippen LogP contribution in [0.5, 0.6) is 5.88 Å². The van der Waals surface area contributed by atoms with Gasteiger partial charge in [-0.25, -0.2) is 4.98 Å². The van der Waals surface area contributed by atoms with Crippen LogP contribution >= 0.6 is 0 Å². The monoisotopic (exact) mass is 417 g/mol. The summed E-state index contributed by atoms with van der Waals surface area (Å²) in [6.07, 6.45) is -4.43. The Balaban J connectivity index is 1.86. The molecule has 0 aliphatic carbocycles. The summed E-state index contributed by atoms with van der Waals surface area (Å²) in [5.74, 6) is -1.05. The highest BCUT2D eigenvalue weighted by Gasteiger charge is 2.39. The van der Waals surface area contributed by atoms with E-state index in [1.54, 1.807) is 13.8 Å². The predicted octanol–water partition coefficient (Wildman–Crippen LogP) is 3.85. The molecule has 3 rings (SSSR count). The molecule has 0 bridgehead atoms. The number of fused-ring (bicyclic) bond motifs is 1. The molecule has 7 nitrogen and oxygen atoms in total. The Hall–Kier alpha value is -2.89. The van der Waals surface area contributed by atoms with Crippen LogP contribution in [0.3, 0.4) is 0 Å². The Morgan fingerprint density at radius 1 is 1.03 bits per heavy atom. The highest BCUT2D eigenvalue weighted by Crippen LogP contribution is 2.29. The first kappa shape index (κ1) is 20.8. The molecule has 3 aromatic rings. The average molecular weight is 417 g/mol. The Kier molecular flexibility index (Phi) is 5.64. The molecule has 0 aliphatic rings. The maximum Gasteiger partial charge on any atom is 0.422 e. The molecule has 0 aromatic carbocycles. The zero-order chi connectivity index (χ0) is 21.2. The van der Waals surface area contributed by atoms with Gasteiger partial charge in [-0.3, -0.25) is 9.38 Å². The molecule has 0 amide bonds. The summed E-state index contributed by atoms with van der Waals surface area (Å²) < 4.78 is 75.5. The molecule has 3 aromatic heterocycles. The second-order valence-electron chi connectivity index (χ2n) is 6.53. The van der Waals surface area contributed by atoms with Gasteiger partial charge in [-0.2, -0.15) is 22.0 Å². The SMILES string of the molecule is CC(C)COC(F)(F)c1nnc2cnc(-c3ccc(OCC(F)(F)F)nc3)cn12. The lowest BCUT2D eigenvalue weighted by Crippen LogP contribution is -2.24. The van der Waals surface area contributed by atoms with Gasteiger partial charge < -0.3 is 9.47 Å². The molecule has 0 N–H and O–H groups in total. The summed E-state index contributed by atoms with van der Waals surface area (Å²) >= 11 is 0. The summed E-state index contributed by atoms with van der Waals surface area (Å²) in [5, 5.41) is 7.15. The number of aromatic nitrogens is 5. The molecule has 3 heterocycles. The summed E-state index contributed by atoms with van der Waals surface area (Å²) in [5.41, 5.74) is 0.681. The van der Waals surface area contributed by atoms with Crippen LogP contribution in [0, 0.1) is 5.92 Å². The van der Waals surface area contributed by atoms with E-state index in [0.717, 1.165) is 4.40 Å². The van der Waals surface area contributed by atoms with E-state index < -0.39 is 24.7 Å². The van der Waals surface area contributed by atoms with E-state index in [1.807, 2.05) is 0 Å². The molecule has 29 heavy (non-hydrogen) atoms. The maximum absolute atomic E-state index is 14.4. The van der Waals surface area contributed by atoms with E-state index in [4.69, 9.17) is 0 Å². The van der Waals surface area contributed by atoms with E-state index in [0.29, 0.717) is 5.56 Å². The van der Waals surface area contributed by atoms with Crippen LogP contribution in [0.4, 0.5) is 22.0 Å². The standard InChI is InChI=1S/C17H16F5N5O2/c1-10(2)8-29-17(21,22)15-26-25-13-6-23-12(7-27(13)15)11-3-4-14(24-5-11)28-9-16(18,19)20/h3-7,10H,8-9H2,1-2H3. The lowest BCUT2D eigenvalue weighted by atomic mass is 10.2. The first-order chi connectivity index (χ1) is 13.5. The fraction of sp³-hybridized carbons (Fsp3) is 0.412. The smallest absolute Gasteiger partial charge is 0.422 e. The molecule has 156 valence electrons. The van der Waals surface area contributed by atoms with E-state index in [9.17, 15) is 22.0 Å². The summed E-state index contributed by atoms with van der Waals surface area (Å²) in [6, 6.07) is 2.63. The van der Waals surface area contributed by atoms with E-state index in [1.165, 1.54) is 30.7 Å². The Bertz CT molecular complexity index is 972. The van der Waals surface area contributed by atoms with Gasteiger partial charge >= 0.3 is 12.3 Å². The predicted molar refractivity (Wildman–Crippen MR) is 90.2 cm³/mol. The third-order valence-corrected chi connectivity index (χ3v) is 3.57. The van der Waals surface area contributed by atoms with Gasteiger partial charge in [0, 0.05) is 24.0 Å². The second kappa shape index (κ2) is 7.85. The van der Waals surface area contributed by atoms with Gasteiger partial charge in [0.1, 0.15) is 0 Å². The number of hydrogen-bond donors (Lipinski definition) is 0. The Morgan fingerprint density at radius 3 is 2.41 bits per heavy atom. The van der Waals surface area contributed by atoms with Gasteiger partial charge in [0.05, 0.1) is 18.5 Å². The van der Waals surface area contributed by atoms with Crippen LogP contribution in [0.2, 0.25) is 0 Å².